The van der Waals surface area contributed by atoms with Crippen LogP contribution in [0.2, 0.25) is 5.02 Å². The van der Waals surface area contributed by atoms with E-state index in [4.69, 9.17) is 11.6 Å². The Morgan fingerprint density at radius 3 is 2.12 bits per heavy atom. The number of rotatable bonds is 7. The first-order valence-electron chi connectivity index (χ1n) is 8.39. The van der Waals surface area contributed by atoms with Crippen LogP contribution in [0.1, 0.15) is 48.7 Å². The van der Waals surface area contributed by atoms with E-state index in [1.165, 1.54) is 11.8 Å². The summed E-state index contributed by atoms with van der Waals surface area (Å²) < 4.78 is 0. The van der Waals surface area contributed by atoms with E-state index in [2.05, 4.69) is 20.8 Å². The molecule has 0 aliphatic carbocycles. The third-order valence-corrected chi connectivity index (χ3v) is 5.61. The molecule has 2 aromatic carbocycles. The van der Waals surface area contributed by atoms with Gasteiger partial charge >= 0.3 is 5.97 Å². The SMILES string of the molecule is CC(C)(C)c1ccc(C(=O)C[C@@H](SCc2ccc(Cl)cc2)C(=O)O)cc1. The minimum absolute atomic E-state index is 0.0135. The third-order valence-electron chi connectivity index (χ3n) is 4.08. The van der Waals surface area contributed by atoms with Crippen LogP contribution in [0.3, 0.4) is 0 Å². The number of carboxylic acid groups (broad SMARTS) is 1. The topological polar surface area (TPSA) is 54.4 Å². The highest BCUT2D eigenvalue weighted by atomic mass is 35.5. The maximum absolute atomic E-state index is 12.5. The lowest BCUT2D eigenvalue weighted by atomic mass is 9.86. The number of hydrogen-bond donors (Lipinski definition) is 1. The smallest absolute Gasteiger partial charge is 0.317 e. The van der Waals surface area contributed by atoms with Crippen molar-refractivity contribution in [3.05, 3.63) is 70.2 Å². The van der Waals surface area contributed by atoms with Gasteiger partial charge in [-0.1, -0.05) is 68.8 Å². The molecular weight excluding hydrogens is 368 g/mol. The summed E-state index contributed by atoms with van der Waals surface area (Å²) in [6.07, 6.45) is -0.0253. The second kappa shape index (κ2) is 8.74. The third kappa shape index (κ3) is 5.89. The van der Waals surface area contributed by atoms with Crippen LogP contribution < -0.4 is 0 Å². The zero-order valence-electron chi connectivity index (χ0n) is 15.2. The normalized spacial score (nSPS) is 12.6. The molecule has 5 heteroatoms. The summed E-state index contributed by atoms with van der Waals surface area (Å²) in [7, 11) is 0. The van der Waals surface area contributed by atoms with Gasteiger partial charge in [-0.2, -0.15) is 0 Å². The first-order chi connectivity index (χ1) is 12.2. The molecule has 0 aliphatic rings. The predicted molar refractivity (Wildman–Crippen MR) is 108 cm³/mol. The van der Waals surface area contributed by atoms with E-state index in [0.29, 0.717) is 16.3 Å². The van der Waals surface area contributed by atoms with Crippen molar-refractivity contribution >= 4 is 35.1 Å². The van der Waals surface area contributed by atoms with Crippen molar-refractivity contribution in [1.82, 2.24) is 0 Å². The first-order valence-corrected chi connectivity index (χ1v) is 9.82. The molecule has 0 unspecified atom stereocenters. The van der Waals surface area contributed by atoms with Crippen molar-refractivity contribution in [3.63, 3.8) is 0 Å². The molecular formula is C21H23ClO3S. The predicted octanol–water partition coefficient (Wildman–Crippen LogP) is 5.60. The highest BCUT2D eigenvalue weighted by molar-refractivity contribution is 7.99. The summed E-state index contributed by atoms with van der Waals surface area (Å²) in [6.45, 7) is 6.33. The lowest BCUT2D eigenvalue weighted by molar-refractivity contribution is -0.136. The second-order valence-corrected chi connectivity index (χ2v) is 8.85. The van der Waals surface area contributed by atoms with Crippen LogP contribution in [0, 0.1) is 0 Å². The number of benzene rings is 2. The summed E-state index contributed by atoms with van der Waals surface area (Å²) in [5, 5.41) is 9.31. The summed E-state index contributed by atoms with van der Waals surface area (Å²) in [5.74, 6) is -0.602. The van der Waals surface area contributed by atoms with Gasteiger partial charge in [0.1, 0.15) is 5.25 Å². The Labute approximate surface area is 163 Å². The Balaban J connectivity index is 2.01. The molecule has 0 aliphatic heterocycles. The van der Waals surface area contributed by atoms with E-state index in [9.17, 15) is 14.7 Å². The molecule has 26 heavy (non-hydrogen) atoms. The number of aliphatic carboxylic acids is 1. The lowest BCUT2D eigenvalue weighted by Gasteiger charge is -2.19. The zero-order chi connectivity index (χ0) is 19.3. The summed E-state index contributed by atoms with van der Waals surface area (Å²) in [6, 6.07) is 14.7. The number of ketones is 1. The molecule has 0 fully saturated rings. The first kappa shape index (κ1) is 20.5. The van der Waals surface area contributed by atoms with E-state index in [1.807, 2.05) is 24.3 Å². The highest BCUT2D eigenvalue weighted by Gasteiger charge is 2.23. The van der Waals surface area contributed by atoms with Crippen LogP contribution in [0.4, 0.5) is 0 Å². The second-order valence-electron chi connectivity index (χ2n) is 7.22. The quantitative estimate of drug-likeness (QED) is 0.625. The molecule has 0 radical (unpaired) electrons. The molecule has 1 atom stereocenters. The largest absolute Gasteiger partial charge is 0.480 e. The standard InChI is InChI=1S/C21H23ClO3S/c1-21(2,3)16-8-6-15(7-9-16)18(23)12-19(20(24)25)26-13-14-4-10-17(22)11-5-14/h4-11,19H,12-13H2,1-3H3,(H,24,25)/t19-/m1/s1. The van der Waals surface area contributed by atoms with Crippen LogP contribution in [0.15, 0.2) is 48.5 Å². The van der Waals surface area contributed by atoms with Crippen molar-refractivity contribution in [2.45, 2.75) is 43.6 Å². The van der Waals surface area contributed by atoms with Crippen LogP contribution in [0.25, 0.3) is 0 Å². The van der Waals surface area contributed by atoms with Gasteiger partial charge in [-0.25, -0.2) is 0 Å². The van der Waals surface area contributed by atoms with E-state index in [0.717, 1.165) is 11.1 Å². The lowest BCUT2D eigenvalue weighted by Crippen LogP contribution is -2.21. The maximum atomic E-state index is 12.5. The Bertz CT molecular complexity index is 761. The molecule has 138 valence electrons. The van der Waals surface area contributed by atoms with Crippen molar-refractivity contribution in [3.8, 4) is 0 Å². The molecule has 1 N–H and O–H groups in total. The molecule has 0 saturated heterocycles. The number of carbonyl (C=O) groups is 2. The Morgan fingerprint density at radius 2 is 1.62 bits per heavy atom. The van der Waals surface area contributed by atoms with Crippen LogP contribution in [0.5, 0.6) is 0 Å². The minimum atomic E-state index is -0.969. The summed E-state index contributed by atoms with van der Waals surface area (Å²) in [4.78, 5) is 24.0. The van der Waals surface area contributed by atoms with Crippen LogP contribution in [-0.4, -0.2) is 22.1 Å². The van der Waals surface area contributed by atoms with Crippen LogP contribution >= 0.6 is 23.4 Å². The zero-order valence-corrected chi connectivity index (χ0v) is 16.7. The molecule has 0 bridgehead atoms. The monoisotopic (exact) mass is 390 g/mol. The van der Waals surface area contributed by atoms with E-state index >= 15 is 0 Å². The van der Waals surface area contributed by atoms with Gasteiger partial charge in [0.05, 0.1) is 0 Å². The van der Waals surface area contributed by atoms with Gasteiger partial charge in [0.15, 0.2) is 5.78 Å². The van der Waals surface area contributed by atoms with Crippen molar-refractivity contribution in [2.24, 2.45) is 0 Å². The van der Waals surface area contributed by atoms with Gasteiger partial charge < -0.3 is 5.11 Å². The summed E-state index contributed by atoms with van der Waals surface area (Å²) in [5.41, 5.74) is 2.68. The molecule has 0 heterocycles. The highest BCUT2D eigenvalue weighted by Crippen LogP contribution is 2.25. The van der Waals surface area contributed by atoms with Crippen molar-refractivity contribution < 1.29 is 14.7 Å². The van der Waals surface area contributed by atoms with Gasteiger partial charge in [-0.3, -0.25) is 9.59 Å². The van der Waals surface area contributed by atoms with E-state index in [-0.39, 0.29) is 17.6 Å². The molecule has 0 spiro atoms. The average molecular weight is 391 g/mol. The van der Waals surface area contributed by atoms with Gasteiger partial charge in [0.25, 0.3) is 0 Å². The number of carbonyl (C=O) groups excluding carboxylic acids is 1. The fraction of sp³-hybridized carbons (Fsp3) is 0.333. The number of halogens is 1. The molecule has 2 rings (SSSR count). The van der Waals surface area contributed by atoms with Gasteiger partial charge in [0.2, 0.25) is 0 Å². The number of thioether (sulfide) groups is 1. The average Bonchev–Trinajstić information content (AvgIpc) is 2.59. The van der Waals surface area contributed by atoms with E-state index in [1.54, 1.807) is 24.3 Å². The van der Waals surface area contributed by atoms with Gasteiger partial charge in [0, 0.05) is 22.8 Å². The Morgan fingerprint density at radius 1 is 1.04 bits per heavy atom. The fourth-order valence-electron chi connectivity index (χ4n) is 2.44. The molecule has 0 aromatic heterocycles. The molecule has 2 aromatic rings. The number of carboxylic acids is 1. The number of Topliss-reactive ketones (excluding diaryl/α,β-unsaturated/α-hetero) is 1. The van der Waals surface area contributed by atoms with Gasteiger partial charge in [-0.05, 0) is 28.7 Å². The van der Waals surface area contributed by atoms with Crippen molar-refractivity contribution in [1.29, 1.82) is 0 Å². The van der Waals surface area contributed by atoms with E-state index < -0.39 is 11.2 Å². The summed E-state index contributed by atoms with van der Waals surface area (Å²) >= 11 is 7.11. The number of hydrogen-bond acceptors (Lipinski definition) is 3. The van der Waals surface area contributed by atoms with Crippen molar-refractivity contribution in [2.75, 3.05) is 0 Å². The fourth-order valence-corrected chi connectivity index (χ4v) is 3.56. The molecule has 3 nitrogen and oxygen atoms in total. The maximum Gasteiger partial charge on any atom is 0.317 e. The molecule has 0 amide bonds. The van der Waals surface area contributed by atoms with Gasteiger partial charge in [-0.15, -0.1) is 11.8 Å². The molecule has 0 saturated carbocycles. The minimum Gasteiger partial charge on any atom is -0.480 e. The Hall–Kier alpha value is -1.78. The Kier molecular flexibility index (Phi) is 6.90. The van der Waals surface area contributed by atoms with Crippen LogP contribution in [-0.2, 0) is 16.0 Å².